The van der Waals surface area contributed by atoms with E-state index < -0.39 is 0 Å². The fraction of sp³-hybridized carbons (Fsp3) is 0.244. The van der Waals surface area contributed by atoms with Crippen molar-refractivity contribution < 1.29 is 4.74 Å². The molecule has 7 aromatic rings. The second kappa shape index (κ2) is 12.0. The minimum absolute atomic E-state index is 0.00717. The molecule has 0 saturated carbocycles. The van der Waals surface area contributed by atoms with Gasteiger partial charge in [-0.05, 0) is 95.5 Å². The van der Waals surface area contributed by atoms with Crippen molar-refractivity contribution in [3.05, 3.63) is 138 Å². The number of rotatable bonds is 5. The van der Waals surface area contributed by atoms with Gasteiger partial charge in [-0.2, -0.15) is 0 Å². The molecule has 3 aromatic heterocycles. The zero-order valence-corrected chi connectivity index (χ0v) is 30.8. The average molecular weight is 672 g/mol. The molecule has 0 atom stereocenters. The third kappa shape index (κ3) is 5.79. The number of hydrogen-bond acceptors (Lipinski definition) is 5. The van der Waals surface area contributed by atoms with E-state index >= 15 is 0 Å². The van der Waals surface area contributed by atoms with Crippen molar-refractivity contribution in [1.29, 1.82) is 0 Å². The number of pyridine rings is 2. The van der Waals surface area contributed by atoms with Crippen molar-refractivity contribution in [3.8, 4) is 17.3 Å². The lowest BCUT2D eigenvalue weighted by atomic mass is 9.84. The maximum absolute atomic E-state index is 6.64. The van der Waals surface area contributed by atoms with Gasteiger partial charge in [0, 0.05) is 46.7 Å². The molecule has 0 saturated heterocycles. The largest absolute Gasteiger partial charge is 0.457 e. The summed E-state index contributed by atoms with van der Waals surface area (Å²) in [6.45, 7) is 18.7. The first-order valence-corrected chi connectivity index (χ1v) is 17.8. The van der Waals surface area contributed by atoms with Crippen LogP contribution in [0.1, 0.15) is 63.8 Å². The van der Waals surface area contributed by atoms with Crippen LogP contribution in [0.4, 0.5) is 22.7 Å². The standard InChI is InChI=1S/C45H45N5O/c1-29-22-32(45(6,7)8)23-30(2)43(29)49-28-48(41-27-46-20-19-39(41)49)33-12-11-13-34(25-33)51-35-16-17-37-36-14-9-10-15-38(36)50(40(37)26-35)42-24-31(18-21-47-42)44(3,4)5/h9-27H,28H2,1-8H3. The van der Waals surface area contributed by atoms with E-state index in [1.165, 1.54) is 33.3 Å². The molecule has 1 aliphatic heterocycles. The van der Waals surface area contributed by atoms with E-state index in [4.69, 9.17) is 9.72 Å². The number of ether oxygens (including phenoxy) is 1. The van der Waals surface area contributed by atoms with E-state index in [0.29, 0.717) is 6.67 Å². The molecule has 0 N–H and O–H groups in total. The van der Waals surface area contributed by atoms with Crippen LogP contribution in [0.25, 0.3) is 27.6 Å². The van der Waals surface area contributed by atoms with E-state index in [1.807, 2.05) is 24.7 Å². The van der Waals surface area contributed by atoms with Crippen LogP contribution in [-0.4, -0.2) is 21.2 Å². The molecule has 0 unspecified atom stereocenters. The highest BCUT2D eigenvalue weighted by molar-refractivity contribution is 6.09. The summed E-state index contributed by atoms with van der Waals surface area (Å²) in [5, 5.41) is 2.35. The maximum Gasteiger partial charge on any atom is 0.137 e. The van der Waals surface area contributed by atoms with Gasteiger partial charge in [0.1, 0.15) is 24.0 Å². The van der Waals surface area contributed by atoms with Gasteiger partial charge >= 0.3 is 0 Å². The smallest absolute Gasteiger partial charge is 0.137 e. The molecule has 0 bridgehead atoms. The van der Waals surface area contributed by atoms with Gasteiger partial charge in [-0.15, -0.1) is 0 Å². The minimum atomic E-state index is 0.00717. The lowest BCUT2D eigenvalue weighted by Gasteiger charge is -2.28. The molecular weight excluding hydrogens is 627 g/mol. The third-order valence-electron chi connectivity index (χ3n) is 10.1. The van der Waals surface area contributed by atoms with Crippen molar-refractivity contribution in [2.24, 2.45) is 0 Å². The predicted molar refractivity (Wildman–Crippen MR) is 212 cm³/mol. The van der Waals surface area contributed by atoms with Gasteiger partial charge in [0.05, 0.1) is 28.6 Å². The van der Waals surface area contributed by atoms with Crippen LogP contribution in [0.15, 0.2) is 116 Å². The predicted octanol–water partition coefficient (Wildman–Crippen LogP) is 11.8. The first-order chi connectivity index (χ1) is 24.4. The summed E-state index contributed by atoms with van der Waals surface area (Å²) in [7, 11) is 0. The Hall–Kier alpha value is -5.62. The first-order valence-electron chi connectivity index (χ1n) is 17.8. The highest BCUT2D eigenvalue weighted by Gasteiger charge is 2.31. The molecule has 51 heavy (non-hydrogen) atoms. The van der Waals surface area contributed by atoms with Gasteiger partial charge in [0.2, 0.25) is 0 Å². The van der Waals surface area contributed by atoms with E-state index in [-0.39, 0.29) is 10.8 Å². The molecule has 8 rings (SSSR count). The molecule has 0 aliphatic carbocycles. The molecular formula is C45H45N5O. The number of para-hydroxylation sites is 1. The highest BCUT2D eigenvalue weighted by atomic mass is 16.5. The zero-order valence-electron chi connectivity index (χ0n) is 30.8. The molecule has 256 valence electrons. The van der Waals surface area contributed by atoms with Crippen LogP contribution in [0, 0.1) is 13.8 Å². The minimum Gasteiger partial charge on any atom is -0.457 e. The quantitative estimate of drug-likeness (QED) is 0.182. The molecule has 6 heteroatoms. The lowest BCUT2D eigenvalue weighted by Crippen LogP contribution is -2.25. The molecule has 0 radical (unpaired) electrons. The van der Waals surface area contributed by atoms with Crippen LogP contribution in [0.3, 0.4) is 0 Å². The maximum atomic E-state index is 6.64. The topological polar surface area (TPSA) is 46.4 Å². The molecule has 0 fully saturated rings. The van der Waals surface area contributed by atoms with E-state index in [9.17, 15) is 0 Å². The summed E-state index contributed by atoms with van der Waals surface area (Å²) in [4.78, 5) is 14.1. The summed E-state index contributed by atoms with van der Waals surface area (Å²) in [5.41, 5.74) is 11.9. The van der Waals surface area contributed by atoms with Crippen molar-refractivity contribution in [3.63, 3.8) is 0 Å². The first kappa shape index (κ1) is 32.6. The highest BCUT2D eigenvalue weighted by Crippen LogP contribution is 2.47. The molecule has 0 amide bonds. The van der Waals surface area contributed by atoms with E-state index in [0.717, 1.165) is 50.8 Å². The van der Waals surface area contributed by atoms with Crippen LogP contribution < -0.4 is 14.5 Å². The van der Waals surface area contributed by atoms with Crippen molar-refractivity contribution in [1.82, 2.24) is 14.5 Å². The Balaban J connectivity index is 1.15. The molecule has 0 spiro atoms. The van der Waals surface area contributed by atoms with Gasteiger partial charge in [-0.25, -0.2) is 4.98 Å². The lowest BCUT2D eigenvalue weighted by molar-refractivity contribution is 0.483. The fourth-order valence-corrected chi connectivity index (χ4v) is 7.45. The Morgan fingerprint density at radius 2 is 1.33 bits per heavy atom. The Bertz CT molecular complexity index is 2420. The summed E-state index contributed by atoms with van der Waals surface area (Å²) >= 11 is 0. The monoisotopic (exact) mass is 671 g/mol. The number of aromatic nitrogens is 3. The van der Waals surface area contributed by atoms with E-state index in [2.05, 4.69) is 166 Å². The number of fused-ring (bicyclic) bond motifs is 4. The van der Waals surface area contributed by atoms with Crippen LogP contribution in [-0.2, 0) is 10.8 Å². The summed E-state index contributed by atoms with van der Waals surface area (Å²) in [6.07, 6.45) is 5.76. The van der Waals surface area contributed by atoms with E-state index in [1.54, 1.807) is 0 Å². The number of anilines is 4. The third-order valence-corrected chi connectivity index (χ3v) is 10.1. The number of benzene rings is 4. The SMILES string of the molecule is Cc1cc(C(C)(C)C)cc(C)c1N1CN(c2cccc(Oc3ccc4c5ccccc5n(-c5cc(C(C)(C)C)ccn5)c4c3)c2)c2cnccc21. The normalized spacial score (nSPS) is 13.3. The van der Waals surface area contributed by atoms with Gasteiger partial charge in [-0.1, -0.05) is 77.9 Å². The average Bonchev–Trinajstić information content (AvgIpc) is 3.63. The summed E-state index contributed by atoms with van der Waals surface area (Å²) in [5.74, 6) is 2.44. The van der Waals surface area contributed by atoms with Crippen LogP contribution >= 0.6 is 0 Å². The van der Waals surface area contributed by atoms with Gasteiger partial charge < -0.3 is 14.5 Å². The molecule has 4 heterocycles. The van der Waals surface area contributed by atoms with Crippen LogP contribution in [0.2, 0.25) is 0 Å². The Morgan fingerprint density at radius 1 is 0.608 bits per heavy atom. The van der Waals surface area contributed by atoms with Gasteiger partial charge in [0.15, 0.2) is 0 Å². The Kier molecular flexibility index (Phi) is 7.67. The Morgan fingerprint density at radius 3 is 2.10 bits per heavy atom. The number of hydrogen-bond donors (Lipinski definition) is 0. The van der Waals surface area contributed by atoms with Crippen molar-refractivity contribution in [2.45, 2.75) is 66.2 Å². The number of nitrogens with zero attached hydrogens (tertiary/aromatic N) is 5. The van der Waals surface area contributed by atoms with Crippen LogP contribution in [0.5, 0.6) is 11.5 Å². The van der Waals surface area contributed by atoms with Gasteiger partial charge in [0.25, 0.3) is 0 Å². The van der Waals surface area contributed by atoms with Gasteiger partial charge in [-0.3, -0.25) is 9.55 Å². The summed E-state index contributed by atoms with van der Waals surface area (Å²) in [6, 6.07) is 34.4. The van der Waals surface area contributed by atoms with Crippen molar-refractivity contribution in [2.75, 3.05) is 16.5 Å². The second-order valence-electron chi connectivity index (χ2n) is 15.9. The number of aryl methyl sites for hydroxylation is 2. The molecule has 4 aromatic carbocycles. The molecule has 6 nitrogen and oxygen atoms in total. The molecule has 1 aliphatic rings. The fourth-order valence-electron chi connectivity index (χ4n) is 7.45. The summed E-state index contributed by atoms with van der Waals surface area (Å²) < 4.78 is 8.90. The second-order valence-corrected chi connectivity index (χ2v) is 15.9. The Labute approximate surface area is 301 Å². The van der Waals surface area contributed by atoms with Crippen molar-refractivity contribution >= 4 is 44.6 Å². The zero-order chi connectivity index (χ0) is 35.7.